The lowest BCUT2D eigenvalue weighted by atomic mass is 9.64. The van der Waals surface area contributed by atoms with Crippen LogP contribution in [0.4, 0.5) is 0 Å². The van der Waals surface area contributed by atoms with Crippen molar-refractivity contribution < 1.29 is 0 Å². The van der Waals surface area contributed by atoms with E-state index in [4.69, 9.17) is 15.0 Å². The van der Waals surface area contributed by atoms with Crippen molar-refractivity contribution >= 4 is 21.8 Å². The number of fused-ring (bicyclic) bond motifs is 12. The minimum absolute atomic E-state index is 0.562. The Hall–Kier alpha value is -7.43. The summed E-state index contributed by atoms with van der Waals surface area (Å²) < 4.78 is 2.50. The van der Waals surface area contributed by atoms with E-state index in [1.165, 1.54) is 66.4 Å². The zero-order valence-corrected chi connectivity index (χ0v) is 30.3. The highest BCUT2D eigenvalue weighted by Gasteiger charge is 2.51. The Labute approximate surface area is 324 Å². The van der Waals surface area contributed by atoms with Crippen LogP contribution < -0.4 is 0 Å². The molecule has 4 heteroatoms. The van der Waals surface area contributed by atoms with Crippen LogP contribution in [0.5, 0.6) is 0 Å². The molecule has 0 fully saturated rings. The van der Waals surface area contributed by atoms with Gasteiger partial charge >= 0.3 is 0 Å². The molecular weight excluding hydrogens is 681 g/mol. The zero-order valence-electron chi connectivity index (χ0n) is 30.3. The van der Waals surface area contributed by atoms with Crippen molar-refractivity contribution in [3.8, 4) is 62.1 Å². The molecule has 260 valence electrons. The summed E-state index contributed by atoms with van der Waals surface area (Å²) in [4.78, 5) is 15.2. The molecule has 0 N–H and O–H groups in total. The first-order valence-electron chi connectivity index (χ1n) is 19.1. The summed E-state index contributed by atoms with van der Waals surface area (Å²) in [6.45, 7) is 0. The molecule has 56 heavy (non-hydrogen) atoms. The molecule has 1 spiro atoms. The van der Waals surface area contributed by atoms with Crippen LogP contribution in [0.15, 0.2) is 194 Å². The van der Waals surface area contributed by atoms with Crippen molar-refractivity contribution in [3.63, 3.8) is 0 Å². The largest absolute Gasteiger partial charge is 0.309 e. The van der Waals surface area contributed by atoms with E-state index in [0.29, 0.717) is 17.5 Å². The Morgan fingerprint density at radius 2 is 0.875 bits per heavy atom. The standard InChI is InChI=1S/C52H32N4/c1-3-16-33(17-4-1)49-53-50(34-18-5-2-6-19-34)55-51(54-49)36-21-13-20-35(32-36)37-24-14-25-40-38-22-7-9-27-42(38)52(47(37)40)43-28-10-12-31-46(43)56-45-30-11-8-23-39(45)41-26-15-29-44(52)48(41)56/h1-32H. The van der Waals surface area contributed by atoms with Gasteiger partial charge < -0.3 is 4.57 Å². The highest BCUT2D eigenvalue weighted by molar-refractivity contribution is 6.13. The van der Waals surface area contributed by atoms with Gasteiger partial charge in [0.15, 0.2) is 17.5 Å². The van der Waals surface area contributed by atoms with Crippen molar-refractivity contribution in [1.29, 1.82) is 0 Å². The SMILES string of the molecule is c1ccc(-c2nc(-c3ccccc3)nc(-c3cccc(-c4cccc5c4C4(c6ccccc6-5)c5ccccc5-n5c6ccccc6c6cccc4c65)c3)n2)cc1. The average molecular weight is 713 g/mol. The maximum Gasteiger partial charge on any atom is 0.164 e. The van der Waals surface area contributed by atoms with Gasteiger partial charge in [-0.15, -0.1) is 0 Å². The topological polar surface area (TPSA) is 43.6 Å². The molecule has 8 aromatic carbocycles. The number of nitrogens with zero attached hydrogens (tertiary/aromatic N) is 4. The highest BCUT2D eigenvalue weighted by Crippen LogP contribution is 2.62. The Morgan fingerprint density at radius 3 is 1.66 bits per heavy atom. The molecule has 0 bridgehead atoms. The van der Waals surface area contributed by atoms with Crippen molar-refractivity contribution in [2.75, 3.05) is 0 Å². The lowest BCUT2D eigenvalue weighted by molar-refractivity contribution is 0.750. The van der Waals surface area contributed by atoms with Gasteiger partial charge in [-0.1, -0.05) is 176 Å². The third-order valence-corrected chi connectivity index (χ3v) is 11.8. The van der Waals surface area contributed by atoms with E-state index in [9.17, 15) is 0 Å². The predicted octanol–water partition coefficient (Wildman–Crippen LogP) is 12.3. The van der Waals surface area contributed by atoms with E-state index >= 15 is 0 Å². The van der Waals surface area contributed by atoms with Gasteiger partial charge in [-0.2, -0.15) is 0 Å². The van der Waals surface area contributed by atoms with E-state index in [2.05, 4.69) is 162 Å². The lowest BCUT2D eigenvalue weighted by Gasteiger charge is -2.40. The minimum Gasteiger partial charge on any atom is -0.309 e. The van der Waals surface area contributed by atoms with Crippen LogP contribution in [-0.4, -0.2) is 19.5 Å². The smallest absolute Gasteiger partial charge is 0.164 e. The van der Waals surface area contributed by atoms with Crippen molar-refractivity contribution in [2.45, 2.75) is 5.41 Å². The maximum absolute atomic E-state index is 5.10. The second-order valence-electron chi connectivity index (χ2n) is 14.7. The van der Waals surface area contributed by atoms with Gasteiger partial charge in [-0.05, 0) is 62.7 Å². The lowest BCUT2D eigenvalue weighted by Crippen LogP contribution is -2.34. The van der Waals surface area contributed by atoms with Gasteiger partial charge in [0.2, 0.25) is 0 Å². The zero-order chi connectivity index (χ0) is 36.8. The molecule has 2 aromatic heterocycles. The Balaban J connectivity index is 1.14. The second-order valence-corrected chi connectivity index (χ2v) is 14.7. The number of hydrogen-bond acceptors (Lipinski definition) is 3. The summed E-state index contributed by atoms with van der Waals surface area (Å²) in [7, 11) is 0. The molecule has 0 amide bonds. The van der Waals surface area contributed by atoms with E-state index in [1.807, 2.05) is 36.4 Å². The van der Waals surface area contributed by atoms with Crippen molar-refractivity contribution in [2.24, 2.45) is 0 Å². The van der Waals surface area contributed by atoms with Crippen molar-refractivity contribution in [3.05, 3.63) is 216 Å². The first-order valence-corrected chi connectivity index (χ1v) is 19.1. The summed E-state index contributed by atoms with van der Waals surface area (Å²) >= 11 is 0. The molecule has 1 aliphatic heterocycles. The molecule has 0 radical (unpaired) electrons. The van der Waals surface area contributed by atoms with E-state index in [0.717, 1.165) is 22.3 Å². The fourth-order valence-electron chi connectivity index (χ4n) is 9.63. The first-order chi connectivity index (χ1) is 27.8. The average Bonchev–Trinajstić information content (AvgIpc) is 3.78. The van der Waals surface area contributed by atoms with Gasteiger partial charge in [0.25, 0.3) is 0 Å². The molecule has 2 aliphatic rings. The van der Waals surface area contributed by atoms with Crippen LogP contribution >= 0.6 is 0 Å². The Morgan fingerprint density at radius 1 is 0.357 bits per heavy atom. The summed E-state index contributed by atoms with van der Waals surface area (Å²) in [5.41, 5.74) is 16.0. The molecule has 10 aromatic rings. The second kappa shape index (κ2) is 11.8. The van der Waals surface area contributed by atoms with E-state index in [-0.39, 0.29) is 0 Å². The van der Waals surface area contributed by atoms with Crippen LogP contribution in [0.3, 0.4) is 0 Å². The normalized spacial score (nSPS) is 14.9. The molecule has 1 aliphatic carbocycles. The summed E-state index contributed by atoms with van der Waals surface area (Å²) in [5, 5.41) is 2.54. The number of para-hydroxylation sites is 3. The van der Waals surface area contributed by atoms with E-state index < -0.39 is 5.41 Å². The van der Waals surface area contributed by atoms with Gasteiger partial charge in [-0.25, -0.2) is 15.0 Å². The van der Waals surface area contributed by atoms with Crippen LogP contribution in [0.25, 0.3) is 83.9 Å². The third-order valence-electron chi connectivity index (χ3n) is 11.8. The molecule has 12 rings (SSSR count). The Bertz CT molecular complexity index is 3140. The first kappa shape index (κ1) is 31.0. The van der Waals surface area contributed by atoms with Crippen LogP contribution in [0.2, 0.25) is 0 Å². The van der Waals surface area contributed by atoms with E-state index in [1.54, 1.807) is 0 Å². The van der Waals surface area contributed by atoms with Crippen LogP contribution in [0, 0.1) is 0 Å². The van der Waals surface area contributed by atoms with Crippen LogP contribution in [0.1, 0.15) is 22.3 Å². The number of hydrogen-bond donors (Lipinski definition) is 0. The van der Waals surface area contributed by atoms with Crippen LogP contribution in [-0.2, 0) is 5.41 Å². The number of aromatic nitrogens is 4. The molecule has 3 heterocycles. The molecule has 1 unspecified atom stereocenters. The molecule has 0 saturated heterocycles. The predicted molar refractivity (Wildman–Crippen MR) is 227 cm³/mol. The highest BCUT2D eigenvalue weighted by atomic mass is 15.0. The van der Waals surface area contributed by atoms with Gasteiger partial charge in [0.1, 0.15) is 0 Å². The monoisotopic (exact) mass is 712 g/mol. The fraction of sp³-hybridized carbons (Fsp3) is 0.0192. The van der Waals surface area contributed by atoms with Gasteiger partial charge in [0, 0.05) is 27.5 Å². The molecule has 1 atom stereocenters. The van der Waals surface area contributed by atoms with Crippen molar-refractivity contribution in [1.82, 2.24) is 19.5 Å². The van der Waals surface area contributed by atoms with Gasteiger partial charge in [-0.3, -0.25) is 0 Å². The number of rotatable bonds is 4. The quantitative estimate of drug-likeness (QED) is 0.182. The summed E-state index contributed by atoms with van der Waals surface area (Å²) in [6.07, 6.45) is 0. The Kier molecular flexibility index (Phi) is 6.52. The third kappa shape index (κ3) is 4.21. The molecule has 4 nitrogen and oxygen atoms in total. The molecule has 0 saturated carbocycles. The van der Waals surface area contributed by atoms with Gasteiger partial charge in [0.05, 0.1) is 22.1 Å². The number of benzene rings is 8. The summed E-state index contributed by atoms with van der Waals surface area (Å²) in [6, 6.07) is 69.7. The molecular formula is C52H32N4. The minimum atomic E-state index is -0.562. The summed E-state index contributed by atoms with van der Waals surface area (Å²) in [5.74, 6) is 1.94. The fourth-order valence-corrected chi connectivity index (χ4v) is 9.63. The maximum atomic E-state index is 5.10.